The Hall–Kier alpha value is -3.17. The standard InChI is InChI=1S/C18H19F2N5O3/c19-17(20)12-3-4-16(27)25(12)15-9-24-5-6-28-13-7-10(22-8-14(21)26)1-2-11(13)18(24)23-15/h1-2,7,9,12,17,22H,3-6,8H2,(H2,21,26). The summed E-state index contributed by atoms with van der Waals surface area (Å²) >= 11 is 0. The summed E-state index contributed by atoms with van der Waals surface area (Å²) in [5.41, 5.74) is 6.47. The molecule has 3 N–H and O–H groups in total. The maximum absolute atomic E-state index is 13.3. The van der Waals surface area contributed by atoms with Crippen molar-refractivity contribution in [2.75, 3.05) is 23.4 Å². The first-order valence-corrected chi connectivity index (χ1v) is 8.91. The summed E-state index contributed by atoms with van der Waals surface area (Å²) in [5, 5.41) is 2.89. The van der Waals surface area contributed by atoms with Crippen molar-refractivity contribution in [3.8, 4) is 17.1 Å². The van der Waals surface area contributed by atoms with Gasteiger partial charge in [0.15, 0.2) is 5.82 Å². The van der Waals surface area contributed by atoms with Crippen molar-refractivity contribution in [1.82, 2.24) is 9.55 Å². The predicted octanol–water partition coefficient (Wildman–Crippen LogP) is 1.60. The number of nitrogens with two attached hydrogens (primary N) is 1. The highest BCUT2D eigenvalue weighted by Crippen LogP contribution is 2.37. The summed E-state index contributed by atoms with van der Waals surface area (Å²) < 4.78 is 34.2. The number of nitrogens with zero attached hydrogens (tertiary/aromatic N) is 3. The lowest BCUT2D eigenvalue weighted by Crippen LogP contribution is -2.38. The molecule has 148 valence electrons. The van der Waals surface area contributed by atoms with Gasteiger partial charge in [0.05, 0.1) is 24.7 Å². The molecule has 2 aliphatic heterocycles. The molecule has 0 bridgehead atoms. The second-order valence-electron chi connectivity index (χ2n) is 6.70. The van der Waals surface area contributed by atoms with Crippen LogP contribution in [0.5, 0.6) is 5.75 Å². The number of aromatic nitrogens is 2. The SMILES string of the molecule is NC(=O)CNc1ccc2c(c1)OCCn1cc(N3C(=O)CCC3C(F)F)nc1-2. The van der Waals surface area contributed by atoms with Gasteiger partial charge in [0.2, 0.25) is 11.8 Å². The third-order valence-electron chi connectivity index (χ3n) is 4.83. The van der Waals surface area contributed by atoms with Crippen LogP contribution in [0, 0.1) is 0 Å². The summed E-state index contributed by atoms with van der Waals surface area (Å²) in [4.78, 5) is 28.7. The smallest absolute Gasteiger partial charge is 0.259 e. The number of fused-ring (bicyclic) bond motifs is 3. The van der Waals surface area contributed by atoms with E-state index in [2.05, 4.69) is 10.3 Å². The van der Waals surface area contributed by atoms with Crippen LogP contribution in [0.2, 0.25) is 0 Å². The molecule has 1 aromatic heterocycles. The molecule has 0 saturated carbocycles. The Morgan fingerprint density at radius 3 is 3.00 bits per heavy atom. The molecular formula is C18H19F2N5O3. The van der Waals surface area contributed by atoms with E-state index in [1.165, 1.54) is 0 Å². The Morgan fingerprint density at radius 1 is 1.43 bits per heavy atom. The number of amides is 2. The van der Waals surface area contributed by atoms with Crippen molar-refractivity contribution in [3.63, 3.8) is 0 Å². The third kappa shape index (κ3) is 3.25. The van der Waals surface area contributed by atoms with Gasteiger partial charge in [-0.2, -0.15) is 0 Å². The summed E-state index contributed by atoms with van der Waals surface area (Å²) in [7, 11) is 0. The van der Waals surface area contributed by atoms with Crippen molar-refractivity contribution < 1.29 is 23.1 Å². The second kappa shape index (κ2) is 7.10. The van der Waals surface area contributed by atoms with E-state index in [0.29, 0.717) is 36.0 Å². The Morgan fingerprint density at radius 2 is 2.25 bits per heavy atom. The lowest BCUT2D eigenvalue weighted by molar-refractivity contribution is -0.117. The minimum atomic E-state index is -2.62. The fraction of sp³-hybridized carbons (Fsp3) is 0.389. The molecule has 10 heteroatoms. The van der Waals surface area contributed by atoms with E-state index in [4.69, 9.17) is 10.5 Å². The van der Waals surface area contributed by atoms with Crippen LogP contribution in [0.25, 0.3) is 11.4 Å². The molecule has 8 nitrogen and oxygen atoms in total. The Bertz CT molecular complexity index is 930. The number of anilines is 2. The zero-order valence-electron chi connectivity index (χ0n) is 14.9. The Labute approximate surface area is 159 Å². The highest BCUT2D eigenvalue weighted by Gasteiger charge is 2.39. The molecular weight excluding hydrogens is 372 g/mol. The van der Waals surface area contributed by atoms with Gasteiger partial charge in [-0.3, -0.25) is 14.5 Å². The van der Waals surface area contributed by atoms with Gasteiger partial charge >= 0.3 is 0 Å². The summed E-state index contributed by atoms with van der Waals surface area (Å²) in [5.74, 6) is 0.479. The fourth-order valence-corrected chi connectivity index (χ4v) is 3.53. The van der Waals surface area contributed by atoms with E-state index in [0.717, 1.165) is 4.90 Å². The third-order valence-corrected chi connectivity index (χ3v) is 4.83. The van der Waals surface area contributed by atoms with Crippen LogP contribution < -0.4 is 20.7 Å². The number of ether oxygens (including phenoxy) is 1. The van der Waals surface area contributed by atoms with Gasteiger partial charge in [0.25, 0.3) is 6.43 Å². The van der Waals surface area contributed by atoms with Crippen molar-refractivity contribution in [2.45, 2.75) is 31.9 Å². The lowest BCUT2D eigenvalue weighted by Gasteiger charge is -2.21. The van der Waals surface area contributed by atoms with Crippen LogP contribution >= 0.6 is 0 Å². The molecule has 1 fully saturated rings. The van der Waals surface area contributed by atoms with Crippen LogP contribution in [0.1, 0.15) is 12.8 Å². The zero-order chi connectivity index (χ0) is 19.8. The second-order valence-corrected chi connectivity index (χ2v) is 6.70. The van der Waals surface area contributed by atoms with E-state index in [1.807, 2.05) is 0 Å². The van der Waals surface area contributed by atoms with E-state index in [9.17, 15) is 18.4 Å². The van der Waals surface area contributed by atoms with Gasteiger partial charge in [-0.25, -0.2) is 13.8 Å². The van der Waals surface area contributed by atoms with E-state index < -0.39 is 18.4 Å². The first-order valence-electron chi connectivity index (χ1n) is 8.91. The van der Waals surface area contributed by atoms with Crippen molar-refractivity contribution >= 4 is 23.3 Å². The molecule has 28 heavy (non-hydrogen) atoms. The molecule has 2 aliphatic rings. The van der Waals surface area contributed by atoms with Gasteiger partial charge in [0.1, 0.15) is 18.2 Å². The maximum Gasteiger partial charge on any atom is 0.259 e. The minimum Gasteiger partial charge on any atom is -0.491 e. The summed E-state index contributed by atoms with van der Waals surface area (Å²) in [6, 6.07) is 4.09. The number of hydrogen-bond acceptors (Lipinski definition) is 5. The lowest BCUT2D eigenvalue weighted by atomic mass is 10.1. The number of halogens is 2. The number of nitrogens with one attached hydrogen (secondary N) is 1. The quantitative estimate of drug-likeness (QED) is 0.806. The zero-order valence-corrected chi connectivity index (χ0v) is 14.9. The first kappa shape index (κ1) is 18.2. The summed E-state index contributed by atoms with van der Waals surface area (Å²) in [6.07, 6.45) is -0.799. The molecule has 4 rings (SSSR count). The molecule has 0 spiro atoms. The minimum absolute atomic E-state index is 0.0103. The number of imidazole rings is 1. The molecule has 2 aromatic rings. The van der Waals surface area contributed by atoms with E-state index >= 15 is 0 Å². The van der Waals surface area contributed by atoms with Crippen LogP contribution in [0.3, 0.4) is 0 Å². The van der Waals surface area contributed by atoms with Gasteiger partial charge in [-0.15, -0.1) is 0 Å². The molecule has 2 amide bonds. The molecule has 1 saturated heterocycles. The predicted molar refractivity (Wildman–Crippen MR) is 97.4 cm³/mol. The van der Waals surface area contributed by atoms with Gasteiger partial charge in [-0.05, 0) is 18.6 Å². The largest absolute Gasteiger partial charge is 0.491 e. The number of alkyl halides is 2. The van der Waals surface area contributed by atoms with Crippen LogP contribution in [-0.2, 0) is 16.1 Å². The number of primary amides is 1. The van der Waals surface area contributed by atoms with Crippen LogP contribution in [0.15, 0.2) is 24.4 Å². The van der Waals surface area contributed by atoms with Crippen LogP contribution in [0.4, 0.5) is 20.3 Å². The summed E-state index contributed by atoms with van der Waals surface area (Å²) in [6.45, 7) is 0.799. The molecule has 0 aliphatic carbocycles. The Balaban J connectivity index is 1.68. The number of carbonyl (C=O) groups is 2. The topological polar surface area (TPSA) is 102 Å². The van der Waals surface area contributed by atoms with Crippen LogP contribution in [-0.4, -0.2) is 47.0 Å². The molecule has 3 heterocycles. The van der Waals surface area contributed by atoms with Gasteiger partial charge < -0.3 is 20.4 Å². The molecule has 1 aromatic carbocycles. The normalized spacial score (nSPS) is 18.5. The van der Waals surface area contributed by atoms with Gasteiger partial charge in [-0.1, -0.05) is 0 Å². The molecule has 1 atom stereocenters. The van der Waals surface area contributed by atoms with Crippen molar-refractivity contribution in [3.05, 3.63) is 24.4 Å². The maximum atomic E-state index is 13.3. The fourth-order valence-electron chi connectivity index (χ4n) is 3.53. The van der Waals surface area contributed by atoms with Gasteiger partial charge in [0, 0.05) is 24.4 Å². The monoisotopic (exact) mass is 391 g/mol. The first-order chi connectivity index (χ1) is 13.4. The number of carbonyl (C=O) groups excluding carboxylic acids is 2. The number of benzene rings is 1. The number of rotatable bonds is 5. The molecule has 0 radical (unpaired) electrons. The highest BCUT2D eigenvalue weighted by atomic mass is 19.3. The van der Waals surface area contributed by atoms with E-state index in [-0.39, 0.29) is 31.1 Å². The molecule has 1 unspecified atom stereocenters. The van der Waals surface area contributed by atoms with E-state index in [1.54, 1.807) is 29.0 Å². The Kier molecular flexibility index (Phi) is 4.62. The highest BCUT2D eigenvalue weighted by molar-refractivity contribution is 5.95. The van der Waals surface area contributed by atoms with Crippen molar-refractivity contribution in [2.24, 2.45) is 5.73 Å². The average Bonchev–Trinajstić information content (AvgIpc) is 3.19. The van der Waals surface area contributed by atoms with Crippen molar-refractivity contribution in [1.29, 1.82) is 0 Å². The number of hydrogen-bond donors (Lipinski definition) is 2. The average molecular weight is 391 g/mol.